The second kappa shape index (κ2) is 21.8. The molecule has 0 aromatic rings. The maximum Gasteiger partial charge on any atom is 0.222 e. The Morgan fingerprint density at radius 2 is 1.24 bits per heavy atom. The summed E-state index contributed by atoms with van der Waals surface area (Å²) in [7, 11) is 1.63. The van der Waals surface area contributed by atoms with Crippen LogP contribution >= 0.6 is 12.2 Å². The van der Waals surface area contributed by atoms with Gasteiger partial charge in [0.15, 0.2) is 5.11 Å². The molecule has 0 atom stereocenters. The van der Waals surface area contributed by atoms with Crippen LogP contribution in [0, 0.1) is 12.5 Å². The Balaban J connectivity index is 1.99. The van der Waals surface area contributed by atoms with Crippen molar-refractivity contribution in [1.82, 2.24) is 47.9 Å². The number of nitrogens with one attached hydrogen (secondary N) is 9. The first-order chi connectivity index (χ1) is 20.0. The van der Waals surface area contributed by atoms with Gasteiger partial charge in [0.05, 0.1) is 37.5 Å². The summed E-state index contributed by atoms with van der Waals surface area (Å²) in [6.45, 7) is 10.7. The summed E-state index contributed by atoms with van der Waals surface area (Å²) in [5.41, 5.74) is -0.871. The fourth-order valence-electron chi connectivity index (χ4n) is 4.54. The van der Waals surface area contributed by atoms with Crippen LogP contribution in [0.2, 0.25) is 0 Å². The first kappa shape index (κ1) is 35.4. The quantitative estimate of drug-likeness (QED) is 0.0438. The van der Waals surface area contributed by atoms with Gasteiger partial charge in [-0.1, -0.05) is 6.42 Å². The van der Waals surface area contributed by atoms with E-state index >= 15 is 0 Å². The Bertz CT molecular complexity index is 731. The van der Waals surface area contributed by atoms with Gasteiger partial charge in [-0.2, -0.15) is 0 Å². The molecule has 3 aliphatic rings. The van der Waals surface area contributed by atoms with Crippen molar-refractivity contribution in [2.24, 2.45) is 0 Å². The number of hydrogen-bond donors (Lipinski definition) is 9. The lowest BCUT2D eigenvalue weighted by Gasteiger charge is -2.39. The molecule has 3 rings (SSSR count). The third kappa shape index (κ3) is 15.8. The number of methoxy groups -OCH3 is 1. The van der Waals surface area contributed by atoms with Gasteiger partial charge < -0.3 is 66.8 Å². The smallest absolute Gasteiger partial charge is 0.222 e. The van der Waals surface area contributed by atoms with E-state index in [2.05, 4.69) is 54.0 Å². The molecule has 0 unspecified atom stereocenters. The van der Waals surface area contributed by atoms with Crippen LogP contribution in [-0.2, 0) is 23.7 Å². The molecule has 236 valence electrons. The molecule has 3 heterocycles. The van der Waals surface area contributed by atoms with Crippen molar-refractivity contribution in [3.8, 4) is 12.5 Å². The van der Waals surface area contributed by atoms with Crippen LogP contribution in [0.5, 0.6) is 0 Å². The summed E-state index contributed by atoms with van der Waals surface area (Å²) in [5.74, 6) is -0.0313. The fraction of sp³-hybridized carbons (Fsp3) is 0.846. The van der Waals surface area contributed by atoms with E-state index in [4.69, 9.17) is 37.6 Å². The number of terminal acetylenes is 1. The van der Waals surface area contributed by atoms with Crippen molar-refractivity contribution in [3.63, 3.8) is 0 Å². The normalized spacial score (nSPS) is 24.8. The molecule has 0 aliphatic carbocycles. The summed E-state index contributed by atoms with van der Waals surface area (Å²) in [5, 5.41) is 31.8. The number of hydrogen-bond acceptors (Lipinski definition) is 12. The predicted molar refractivity (Wildman–Crippen MR) is 163 cm³/mol. The molecule has 9 N–H and O–H groups in total. The van der Waals surface area contributed by atoms with E-state index in [-0.39, 0.29) is 18.2 Å². The first-order valence-corrected chi connectivity index (χ1v) is 14.8. The zero-order valence-corrected chi connectivity index (χ0v) is 25.3. The molecule has 14 nitrogen and oxygen atoms in total. The van der Waals surface area contributed by atoms with Gasteiger partial charge in [0, 0.05) is 92.1 Å². The molecule has 0 aromatic heterocycles. The van der Waals surface area contributed by atoms with Crippen LogP contribution in [0.1, 0.15) is 6.42 Å². The van der Waals surface area contributed by atoms with Gasteiger partial charge in [-0.25, -0.2) is 0 Å². The number of rotatable bonds is 13. The minimum Gasteiger partial charge on any atom is -0.444 e. The molecule has 3 fully saturated rings. The Morgan fingerprint density at radius 3 is 1.73 bits per heavy atom. The molecule has 0 spiro atoms. The molecule has 0 aromatic carbocycles. The number of thiocarbonyl (C=S) groups is 1. The minimum absolute atomic E-state index is 0.0313. The lowest BCUT2D eigenvalue weighted by Crippen LogP contribution is -2.68. The largest absolute Gasteiger partial charge is 0.444 e. The minimum atomic E-state index is -0.490. The molecule has 1 amide bonds. The maximum atomic E-state index is 12.9. The van der Waals surface area contributed by atoms with Crippen molar-refractivity contribution in [2.75, 3.05) is 125 Å². The Hall–Kier alpha value is -1.84. The SMILES string of the molecule is C#COCCOCNC(=S)NC12CNCCNCC(NC(=O)CCOCCOC)(CNCCNC1)CNCCNC2. The highest BCUT2D eigenvalue weighted by molar-refractivity contribution is 7.80. The predicted octanol–water partition coefficient (Wildman–Crippen LogP) is -3.76. The van der Waals surface area contributed by atoms with E-state index in [1.807, 2.05) is 0 Å². The van der Waals surface area contributed by atoms with Crippen LogP contribution in [-0.4, -0.2) is 148 Å². The van der Waals surface area contributed by atoms with Crippen LogP contribution < -0.4 is 47.9 Å². The average molecular weight is 602 g/mol. The number of carbonyl (C=O) groups excluding carboxylic acids is 1. The van der Waals surface area contributed by atoms with Crippen molar-refractivity contribution in [2.45, 2.75) is 17.5 Å². The van der Waals surface area contributed by atoms with Crippen molar-refractivity contribution >= 4 is 23.2 Å². The highest BCUT2D eigenvalue weighted by atomic mass is 32.1. The summed E-state index contributed by atoms with van der Waals surface area (Å²) in [4.78, 5) is 12.9. The van der Waals surface area contributed by atoms with Crippen LogP contribution in [0.25, 0.3) is 0 Å². The highest BCUT2D eigenvalue weighted by Gasteiger charge is 2.33. The number of ether oxygens (including phenoxy) is 4. The molecule has 3 saturated heterocycles. The molecular formula is C26H51N9O5S. The molecule has 0 saturated carbocycles. The Labute approximate surface area is 250 Å². The average Bonchev–Trinajstić information content (AvgIpc) is 2.95. The van der Waals surface area contributed by atoms with Crippen LogP contribution in [0.4, 0.5) is 0 Å². The van der Waals surface area contributed by atoms with Gasteiger partial charge >= 0.3 is 0 Å². The molecular weight excluding hydrogens is 550 g/mol. The monoisotopic (exact) mass is 601 g/mol. The molecule has 0 radical (unpaired) electrons. The van der Waals surface area contributed by atoms with Crippen LogP contribution in [0.3, 0.4) is 0 Å². The van der Waals surface area contributed by atoms with Gasteiger partial charge in [0.25, 0.3) is 0 Å². The fourth-order valence-corrected chi connectivity index (χ4v) is 4.81. The van der Waals surface area contributed by atoms with Gasteiger partial charge in [0.1, 0.15) is 19.4 Å². The molecule has 41 heavy (non-hydrogen) atoms. The Kier molecular flexibility index (Phi) is 18.8. The summed E-state index contributed by atoms with van der Waals surface area (Å²) >= 11 is 5.60. The second-order valence-corrected chi connectivity index (χ2v) is 10.6. The van der Waals surface area contributed by atoms with Gasteiger partial charge in [-0.3, -0.25) is 4.79 Å². The number of amides is 1. The van der Waals surface area contributed by atoms with E-state index in [0.29, 0.717) is 83.8 Å². The molecule has 3 aliphatic heterocycles. The second-order valence-electron chi connectivity index (χ2n) is 10.2. The summed E-state index contributed by atoms with van der Waals surface area (Å²) in [6, 6.07) is 0. The lowest BCUT2D eigenvalue weighted by atomic mass is 9.97. The Morgan fingerprint density at radius 1 is 0.756 bits per heavy atom. The van der Waals surface area contributed by atoms with E-state index in [1.54, 1.807) is 7.11 Å². The van der Waals surface area contributed by atoms with Crippen molar-refractivity contribution < 1.29 is 23.7 Å². The van der Waals surface area contributed by atoms with E-state index < -0.39 is 5.54 Å². The summed E-state index contributed by atoms with van der Waals surface area (Å²) < 4.78 is 20.8. The number of carbonyl (C=O) groups is 1. The van der Waals surface area contributed by atoms with Crippen molar-refractivity contribution in [1.29, 1.82) is 0 Å². The maximum absolute atomic E-state index is 12.9. The van der Waals surface area contributed by atoms with Crippen LogP contribution in [0.15, 0.2) is 0 Å². The van der Waals surface area contributed by atoms with Crippen molar-refractivity contribution in [3.05, 3.63) is 0 Å². The third-order valence-electron chi connectivity index (χ3n) is 6.65. The summed E-state index contributed by atoms with van der Waals surface area (Å²) in [6.07, 6.45) is 7.49. The first-order valence-electron chi connectivity index (χ1n) is 14.4. The number of fused-ring (bicyclic) bond motifs is 15. The zero-order chi connectivity index (χ0) is 29.5. The standard InChI is InChI=1S/C26H51N9O5S/c1-3-38-14-15-40-22-33-24(41)35-26-19-30-8-5-27-16-25(17-28-6-9-31-20-26,18-29-7-10-32-21-26)34-23(36)4-11-39-13-12-37-2/h1,27-32H,4-22H2,2H3,(H,34,36)(H2,33,35,41). The molecule has 15 heteroatoms. The zero-order valence-electron chi connectivity index (χ0n) is 24.5. The van der Waals surface area contributed by atoms with E-state index in [1.165, 1.54) is 0 Å². The van der Waals surface area contributed by atoms with Gasteiger partial charge in [-0.15, -0.1) is 0 Å². The molecule has 2 bridgehead atoms. The van der Waals surface area contributed by atoms with Gasteiger partial charge in [0.2, 0.25) is 5.91 Å². The topological polar surface area (TPSA) is 162 Å². The third-order valence-corrected chi connectivity index (χ3v) is 6.90. The van der Waals surface area contributed by atoms with E-state index in [0.717, 1.165) is 39.3 Å². The lowest BCUT2D eigenvalue weighted by molar-refractivity contribution is -0.124. The highest BCUT2D eigenvalue weighted by Crippen LogP contribution is 2.06. The van der Waals surface area contributed by atoms with E-state index in [9.17, 15) is 4.79 Å². The van der Waals surface area contributed by atoms with Gasteiger partial charge in [-0.05, 0) is 12.2 Å².